The first-order chi connectivity index (χ1) is 13.6. The SMILES string of the molecule is Oc1cccc2c1-c1c(O)ccc(O)c1-c1c(O)cccc1-c1ccccc1-2. The van der Waals surface area contributed by atoms with Gasteiger partial charge in [0.2, 0.25) is 0 Å². The molecule has 136 valence electrons. The Balaban J connectivity index is 2.10. The number of rotatable bonds is 0. The monoisotopic (exact) mass is 368 g/mol. The van der Waals surface area contributed by atoms with Crippen LogP contribution < -0.4 is 0 Å². The van der Waals surface area contributed by atoms with Gasteiger partial charge in [0.15, 0.2) is 0 Å². The summed E-state index contributed by atoms with van der Waals surface area (Å²) in [5.74, 6) is -0.227. The van der Waals surface area contributed by atoms with Crippen LogP contribution in [0.4, 0.5) is 0 Å². The minimum Gasteiger partial charge on any atom is -0.507 e. The van der Waals surface area contributed by atoms with Gasteiger partial charge in [-0.15, -0.1) is 0 Å². The molecule has 0 saturated heterocycles. The third-order valence-corrected chi connectivity index (χ3v) is 5.25. The molecule has 4 aromatic carbocycles. The Morgan fingerprint density at radius 3 is 1.11 bits per heavy atom. The third-order valence-electron chi connectivity index (χ3n) is 5.25. The van der Waals surface area contributed by atoms with Gasteiger partial charge in [-0.1, -0.05) is 48.5 Å². The van der Waals surface area contributed by atoms with Crippen LogP contribution in [0.15, 0.2) is 72.8 Å². The maximum absolute atomic E-state index is 10.7. The lowest BCUT2D eigenvalue weighted by Crippen LogP contribution is -1.98. The molecule has 0 spiro atoms. The normalized spacial score (nSPS) is 11.4. The molecular formula is C24H16O4. The van der Waals surface area contributed by atoms with Crippen LogP contribution in [0.25, 0.3) is 44.5 Å². The Kier molecular flexibility index (Phi) is 3.36. The van der Waals surface area contributed by atoms with Gasteiger partial charge in [-0.25, -0.2) is 0 Å². The summed E-state index contributed by atoms with van der Waals surface area (Å²) in [4.78, 5) is 0. The molecule has 0 bridgehead atoms. The van der Waals surface area contributed by atoms with Crippen molar-refractivity contribution in [3.05, 3.63) is 72.8 Å². The molecule has 5 rings (SSSR count). The predicted octanol–water partition coefficient (Wildman–Crippen LogP) is 5.49. The molecule has 28 heavy (non-hydrogen) atoms. The first-order valence-electron chi connectivity index (χ1n) is 8.87. The van der Waals surface area contributed by atoms with Gasteiger partial charge in [0.1, 0.15) is 23.0 Å². The Hall–Kier alpha value is -3.92. The van der Waals surface area contributed by atoms with Crippen LogP contribution in [0.1, 0.15) is 0 Å². The standard InChI is InChI=1S/C24H16O4/c25-17-9-3-7-15-13-5-1-2-6-14(13)16-8-4-10-18(26)22(16)24-20(28)12-11-19(27)23(24)21(15)17/h1-12,25-28H. The van der Waals surface area contributed by atoms with Gasteiger partial charge < -0.3 is 20.4 Å². The highest BCUT2D eigenvalue weighted by molar-refractivity contribution is 6.08. The van der Waals surface area contributed by atoms with Crippen LogP contribution in [0.3, 0.4) is 0 Å². The molecule has 0 radical (unpaired) electrons. The lowest BCUT2D eigenvalue weighted by atomic mass is 9.79. The minimum atomic E-state index is -0.0934. The number of hydrogen-bond donors (Lipinski definition) is 4. The molecule has 1 aliphatic rings. The van der Waals surface area contributed by atoms with Gasteiger partial charge in [-0.2, -0.15) is 0 Å². The molecule has 1 aliphatic carbocycles. The largest absolute Gasteiger partial charge is 0.507 e. The van der Waals surface area contributed by atoms with Crippen molar-refractivity contribution in [2.75, 3.05) is 0 Å². The fraction of sp³-hybridized carbons (Fsp3) is 0. The number of phenolic OH excluding ortho intramolecular Hbond substituents is 4. The van der Waals surface area contributed by atoms with E-state index in [-0.39, 0.29) is 34.1 Å². The first kappa shape index (κ1) is 16.3. The molecule has 0 unspecified atom stereocenters. The molecule has 4 heteroatoms. The van der Waals surface area contributed by atoms with Crippen molar-refractivity contribution < 1.29 is 20.4 Å². The Morgan fingerprint density at radius 2 is 0.679 bits per heavy atom. The van der Waals surface area contributed by atoms with E-state index in [9.17, 15) is 20.4 Å². The molecule has 4 N–H and O–H groups in total. The zero-order valence-corrected chi connectivity index (χ0v) is 14.7. The van der Waals surface area contributed by atoms with Crippen LogP contribution in [0.2, 0.25) is 0 Å². The van der Waals surface area contributed by atoms with Crippen LogP contribution in [0, 0.1) is 0 Å². The van der Waals surface area contributed by atoms with Crippen molar-refractivity contribution in [2.45, 2.75) is 0 Å². The van der Waals surface area contributed by atoms with Crippen molar-refractivity contribution in [2.24, 2.45) is 0 Å². The van der Waals surface area contributed by atoms with E-state index in [1.165, 1.54) is 12.1 Å². The number of benzene rings is 4. The lowest BCUT2D eigenvalue weighted by molar-refractivity contribution is 0.458. The molecule has 0 atom stereocenters. The van der Waals surface area contributed by atoms with E-state index in [0.717, 1.165) is 22.3 Å². The van der Waals surface area contributed by atoms with Crippen molar-refractivity contribution in [1.29, 1.82) is 0 Å². The second-order valence-corrected chi connectivity index (χ2v) is 6.80. The van der Waals surface area contributed by atoms with Gasteiger partial charge in [0.25, 0.3) is 0 Å². The minimum absolute atomic E-state index is 0.0201. The zero-order chi connectivity index (χ0) is 19.4. The summed E-state index contributed by atoms with van der Waals surface area (Å²) in [6.45, 7) is 0. The summed E-state index contributed by atoms with van der Waals surface area (Å²) in [5, 5.41) is 42.9. The number of phenols is 4. The molecule has 4 aromatic rings. The highest BCUT2D eigenvalue weighted by Crippen LogP contribution is 2.56. The van der Waals surface area contributed by atoms with E-state index in [1.807, 2.05) is 36.4 Å². The highest BCUT2D eigenvalue weighted by Gasteiger charge is 2.29. The fourth-order valence-corrected chi connectivity index (χ4v) is 4.09. The molecule has 0 aromatic heterocycles. The molecule has 0 fully saturated rings. The molecule has 0 saturated carbocycles. The maximum atomic E-state index is 10.7. The van der Waals surface area contributed by atoms with Gasteiger partial charge in [-0.05, 0) is 46.5 Å². The summed E-state index contributed by atoms with van der Waals surface area (Å²) in [6, 6.07) is 20.8. The van der Waals surface area contributed by atoms with E-state index in [2.05, 4.69) is 0 Å². The second-order valence-electron chi connectivity index (χ2n) is 6.80. The quantitative estimate of drug-likeness (QED) is 0.272. The van der Waals surface area contributed by atoms with E-state index in [0.29, 0.717) is 11.1 Å². The molecule has 0 aliphatic heterocycles. The summed E-state index contributed by atoms with van der Waals surface area (Å²) in [7, 11) is 0. The number of hydrogen-bond acceptors (Lipinski definition) is 4. The fourth-order valence-electron chi connectivity index (χ4n) is 4.09. The van der Waals surface area contributed by atoms with Crippen molar-refractivity contribution in [3.8, 4) is 67.5 Å². The van der Waals surface area contributed by atoms with Crippen molar-refractivity contribution in [1.82, 2.24) is 0 Å². The Morgan fingerprint density at radius 1 is 0.321 bits per heavy atom. The number of fused-ring (bicyclic) bond motifs is 8. The summed E-state index contributed by atoms with van der Waals surface area (Å²) < 4.78 is 0. The van der Waals surface area contributed by atoms with Crippen LogP contribution in [0.5, 0.6) is 23.0 Å². The average molecular weight is 368 g/mol. The number of aromatic hydroxyl groups is 4. The van der Waals surface area contributed by atoms with Crippen molar-refractivity contribution >= 4 is 0 Å². The Bertz CT molecular complexity index is 1160. The predicted molar refractivity (Wildman–Crippen MR) is 108 cm³/mol. The smallest absolute Gasteiger partial charge is 0.124 e. The molecular weight excluding hydrogens is 352 g/mol. The summed E-state index contributed by atoms with van der Waals surface area (Å²) in [5.41, 5.74) is 4.55. The molecule has 4 nitrogen and oxygen atoms in total. The third kappa shape index (κ3) is 2.12. The van der Waals surface area contributed by atoms with Crippen molar-refractivity contribution in [3.63, 3.8) is 0 Å². The summed E-state index contributed by atoms with van der Waals surface area (Å²) in [6.07, 6.45) is 0. The van der Waals surface area contributed by atoms with Crippen LogP contribution >= 0.6 is 0 Å². The highest BCUT2D eigenvalue weighted by atomic mass is 16.3. The lowest BCUT2D eigenvalue weighted by Gasteiger charge is -2.25. The average Bonchev–Trinajstić information content (AvgIpc) is 2.69. The van der Waals surface area contributed by atoms with E-state index >= 15 is 0 Å². The first-order valence-corrected chi connectivity index (χ1v) is 8.87. The zero-order valence-electron chi connectivity index (χ0n) is 14.7. The molecule has 0 amide bonds. The van der Waals surface area contributed by atoms with Crippen LogP contribution in [-0.2, 0) is 0 Å². The second kappa shape index (κ2) is 5.79. The van der Waals surface area contributed by atoms with Gasteiger partial charge >= 0.3 is 0 Å². The maximum Gasteiger partial charge on any atom is 0.124 e. The van der Waals surface area contributed by atoms with E-state index < -0.39 is 0 Å². The van der Waals surface area contributed by atoms with Gasteiger partial charge in [0, 0.05) is 22.3 Å². The van der Waals surface area contributed by atoms with E-state index in [4.69, 9.17) is 0 Å². The molecule has 0 heterocycles. The summed E-state index contributed by atoms with van der Waals surface area (Å²) >= 11 is 0. The van der Waals surface area contributed by atoms with Gasteiger partial charge in [-0.3, -0.25) is 0 Å². The van der Waals surface area contributed by atoms with Crippen LogP contribution in [-0.4, -0.2) is 20.4 Å². The Labute approximate surface area is 161 Å². The van der Waals surface area contributed by atoms with E-state index in [1.54, 1.807) is 24.3 Å². The topological polar surface area (TPSA) is 80.9 Å². The van der Waals surface area contributed by atoms with Gasteiger partial charge in [0.05, 0.1) is 0 Å².